The van der Waals surface area contributed by atoms with Crippen molar-refractivity contribution in [3.8, 4) is 5.75 Å². The Morgan fingerprint density at radius 1 is 0.957 bits per heavy atom. The number of halogens is 1. The Morgan fingerprint density at radius 3 is 2.35 bits per heavy atom. The molecule has 5 aromatic rings. The third-order valence-corrected chi connectivity index (χ3v) is 9.04. The lowest BCUT2D eigenvalue weighted by Gasteiger charge is -2.21. The lowest BCUT2D eigenvalue weighted by atomic mass is 10.1. The standard InChI is InChI=1S/C30H34BrN3O2S.C7H6O2/c1-20-25(13-16-34(5)15-12-22-19-32-14-11-27(22)31)26-18-23(9-10-28(26)37-20)33-29(35)21-7-6-8-24(17-21)36-30(2,3)4;8-7(9)6-4-2-1-3-5-6/h6-11,14,17-19H,12-13,15-16H2,1-5H3,(H,33,35);1-5H,(H,8,9). The number of carboxylic acid groups (broad SMARTS) is 1. The van der Waals surface area contributed by atoms with Crippen molar-refractivity contribution in [1.29, 1.82) is 0 Å². The Morgan fingerprint density at radius 2 is 1.67 bits per heavy atom. The molecule has 0 atom stereocenters. The maximum absolute atomic E-state index is 13.0. The van der Waals surface area contributed by atoms with Crippen LogP contribution in [0.25, 0.3) is 10.1 Å². The predicted octanol–water partition coefficient (Wildman–Crippen LogP) is 8.90. The number of rotatable bonds is 10. The normalized spacial score (nSPS) is 11.2. The van der Waals surface area contributed by atoms with Gasteiger partial charge in [0, 0.05) is 50.8 Å². The van der Waals surface area contributed by atoms with Gasteiger partial charge in [0.2, 0.25) is 0 Å². The Bertz CT molecular complexity index is 1780. The number of thiophene rings is 1. The molecule has 3 aromatic carbocycles. The third kappa shape index (κ3) is 10.2. The van der Waals surface area contributed by atoms with E-state index in [0.29, 0.717) is 16.9 Å². The van der Waals surface area contributed by atoms with E-state index < -0.39 is 5.97 Å². The van der Waals surface area contributed by atoms with Crippen molar-refractivity contribution < 1.29 is 19.4 Å². The van der Waals surface area contributed by atoms with Crippen LogP contribution in [0.15, 0.2) is 95.7 Å². The molecule has 2 N–H and O–H groups in total. The molecule has 0 saturated carbocycles. The quantitative estimate of drug-likeness (QED) is 0.151. The highest BCUT2D eigenvalue weighted by atomic mass is 79.9. The van der Waals surface area contributed by atoms with Crippen molar-refractivity contribution in [3.63, 3.8) is 0 Å². The van der Waals surface area contributed by atoms with Crippen molar-refractivity contribution in [1.82, 2.24) is 9.88 Å². The summed E-state index contributed by atoms with van der Waals surface area (Å²) >= 11 is 5.43. The number of fused-ring (bicyclic) bond motifs is 1. The fourth-order valence-electron chi connectivity index (χ4n) is 4.82. The number of hydrogen-bond donors (Lipinski definition) is 2. The number of amides is 1. The van der Waals surface area contributed by atoms with Gasteiger partial charge in [0.05, 0.1) is 5.56 Å². The number of anilines is 1. The summed E-state index contributed by atoms with van der Waals surface area (Å²) < 4.78 is 8.28. The molecule has 240 valence electrons. The van der Waals surface area contributed by atoms with E-state index in [1.807, 2.05) is 68.6 Å². The molecule has 0 radical (unpaired) electrons. The molecule has 0 aliphatic heterocycles. The summed E-state index contributed by atoms with van der Waals surface area (Å²) in [7, 11) is 2.16. The number of aromatic nitrogens is 1. The summed E-state index contributed by atoms with van der Waals surface area (Å²) in [6.07, 6.45) is 5.64. The molecule has 9 heteroatoms. The molecule has 0 fully saturated rings. The van der Waals surface area contributed by atoms with E-state index in [2.05, 4.69) is 57.2 Å². The highest BCUT2D eigenvalue weighted by Gasteiger charge is 2.15. The van der Waals surface area contributed by atoms with Gasteiger partial charge in [-0.1, -0.05) is 40.2 Å². The minimum Gasteiger partial charge on any atom is -0.488 e. The number of likely N-dealkylation sites (N-methyl/N-ethyl adjacent to an activating group) is 1. The lowest BCUT2D eigenvalue weighted by Crippen LogP contribution is -2.24. The average molecular weight is 703 g/mol. The first-order chi connectivity index (χ1) is 21.9. The van der Waals surface area contributed by atoms with E-state index in [9.17, 15) is 9.59 Å². The van der Waals surface area contributed by atoms with Gasteiger partial charge in [0.15, 0.2) is 0 Å². The average Bonchev–Trinajstić information content (AvgIpc) is 3.33. The fraction of sp³-hybridized carbons (Fsp3) is 0.270. The summed E-state index contributed by atoms with van der Waals surface area (Å²) in [5.41, 5.74) is 3.96. The molecule has 0 saturated heterocycles. The lowest BCUT2D eigenvalue weighted by molar-refractivity contribution is 0.0696. The molecule has 7 nitrogen and oxygen atoms in total. The Hall–Kier alpha value is -4.05. The first-order valence-electron chi connectivity index (χ1n) is 15.1. The van der Waals surface area contributed by atoms with Crippen molar-refractivity contribution >= 4 is 54.9 Å². The molecule has 0 aliphatic carbocycles. The number of carbonyl (C=O) groups is 2. The fourth-order valence-corrected chi connectivity index (χ4v) is 6.33. The Kier molecular flexibility index (Phi) is 12.1. The Balaban J connectivity index is 0.000000459. The van der Waals surface area contributed by atoms with Gasteiger partial charge in [0.25, 0.3) is 5.91 Å². The van der Waals surface area contributed by atoms with E-state index in [1.54, 1.807) is 42.6 Å². The number of benzene rings is 3. The number of aryl methyl sites for hydroxylation is 1. The maximum Gasteiger partial charge on any atom is 0.335 e. The first-order valence-corrected chi connectivity index (χ1v) is 16.7. The van der Waals surface area contributed by atoms with Gasteiger partial charge in [-0.05, 0) is 119 Å². The van der Waals surface area contributed by atoms with Crippen LogP contribution in [-0.4, -0.2) is 52.6 Å². The Labute approximate surface area is 283 Å². The number of ether oxygens (including phenoxy) is 1. The van der Waals surface area contributed by atoms with Crippen LogP contribution in [0.4, 0.5) is 5.69 Å². The smallest absolute Gasteiger partial charge is 0.335 e. The monoisotopic (exact) mass is 701 g/mol. The zero-order valence-corrected chi connectivity index (χ0v) is 29.2. The molecule has 5 rings (SSSR count). The summed E-state index contributed by atoms with van der Waals surface area (Å²) in [4.78, 5) is 31.1. The molecule has 0 bridgehead atoms. The molecular formula is C37H40BrN3O4S. The number of nitrogens with zero attached hydrogens (tertiary/aromatic N) is 2. The predicted molar refractivity (Wildman–Crippen MR) is 192 cm³/mol. The van der Waals surface area contributed by atoms with Crippen LogP contribution in [0.1, 0.15) is 57.5 Å². The van der Waals surface area contributed by atoms with E-state index >= 15 is 0 Å². The summed E-state index contributed by atoms with van der Waals surface area (Å²) in [5, 5.41) is 12.7. The number of aromatic carboxylic acids is 1. The van der Waals surface area contributed by atoms with E-state index in [1.165, 1.54) is 26.1 Å². The van der Waals surface area contributed by atoms with Crippen molar-refractivity contribution in [2.24, 2.45) is 0 Å². The van der Waals surface area contributed by atoms with Crippen LogP contribution in [-0.2, 0) is 12.8 Å². The zero-order chi connectivity index (χ0) is 33.3. The maximum atomic E-state index is 13.0. The second-order valence-corrected chi connectivity index (χ2v) is 14.1. The molecule has 2 heterocycles. The second kappa shape index (κ2) is 16.0. The number of carbonyl (C=O) groups excluding carboxylic acids is 1. The van der Waals surface area contributed by atoms with Crippen LogP contribution in [0.3, 0.4) is 0 Å². The molecule has 0 spiro atoms. The van der Waals surface area contributed by atoms with E-state index in [4.69, 9.17) is 9.84 Å². The zero-order valence-electron chi connectivity index (χ0n) is 26.8. The molecule has 0 aliphatic rings. The SMILES string of the molecule is Cc1sc2ccc(NC(=O)c3cccc(OC(C)(C)C)c3)cc2c1CCN(C)CCc1cnccc1Br.O=C(O)c1ccccc1. The van der Waals surface area contributed by atoms with Gasteiger partial charge in [-0.15, -0.1) is 11.3 Å². The number of nitrogens with one attached hydrogen (secondary N) is 1. The number of hydrogen-bond acceptors (Lipinski definition) is 6. The van der Waals surface area contributed by atoms with Gasteiger partial charge < -0.3 is 20.1 Å². The van der Waals surface area contributed by atoms with Gasteiger partial charge in [-0.3, -0.25) is 9.78 Å². The summed E-state index contributed by atoms with van der Waals surface area (Å²) in [6.45, 7) is 10.1. The van der Waals surface area contributed by atoms with Gasteiger partial charge in [0.1, 0.15) is 11.4 Å². The highest BCUT2D eigenvalue weighted by molar-refractivity contribution is 9.10. The van der Waals surface area contributed by atoms with Crippen LogP contribution < -0.4 is 10.1 Å². The topological polar surface area (TPSA) is 91.8 Å². The largest absolute Gasteiger partial charge is 0.488 e. The third-order valence-electron chi connectivity index (χ3n) is 7.14. The van der Waals surface area contributed by atoms with Crippen molar-refractivity contribution in [2.75, 3.05) is 25.5 Å². The molecular weight excluding hydrogens is 662 g/mol. The first kappa shape index (κ1) is 34.8. The number of carboxylic acids is 1. The van der Waals surface area contributed by atoms with Gasteiger partial charge in [-0.25, -0.2) is 4.79 Å². The summed E-state index contributed by atoms with van der Waals surface area (Å²) in [5.74, 6) is -0.338. The van der Waals surface area contributed by atoms with Crippen LogP contribution >= 0.6 is 27.3 Å². The molecule has 1 amide bonds. The van der Waals surface area contributed by atoms with Gasteiger partial charge in [-0.2, -0.15) is 0 Å². The summed E-state index contributed by atoms with van der Waals surface area (Å²) in [6, 6.07) is 23.8. The van der Waals surface area contributed by atoms with Gasteiger partial charge >= 0.3 is 5.97 Å². The van der Waals surface area contributed by atoms with Crippen LogP contribution in [0.2, 0.25) is 0 Å². The minimum absolute atomic E-state index is 0.145. The second-order valence-electron chi connectivity index (χ2n) is 12.0. The minimum atomic E-state index is -0.879. The van der Waals surface area contributed by atoms with Crippen LogP contribution in [0.5, 0.6) is 5.75 Å². The van der Waals surface area contributed by atoms with E-state index in [-0.39, 0.29) is 11.5 Å². The van der Waals surface area contributed by atoms with E-state index in [0.717, 1.165) is 36.1 Å². The molecule has 46 heavy (non-hydrogen) atoms. The van der Waals surface area contributed by atoms with Crippen LogP contribution in [0, 0.1) is 6.92 Å². The number of pyridine rings is 1. The molecule has 0 unspecified atom stereocenters. The van der Waals surface area contributed by atoms with Crippen molar-refractivity contribution in [2.45, 2.75) is 46.1 Å². The molecule has 2 aromatic heterocycles. The van der Waals surface area contributed by atoms with Crippen molar-refractivity contribution in [3.05, 3.63) is 123 Å². The highest BCUT2D eigenvalue weighted by Crippen LogP contribution is 2.33.